The minimum absolute atomic E-state index is 0.176. The van der Waals surface area contributed by atoms with Gasteiger partial charge in [-0.1, -0.05) is 0 Å². The van der Waals surface area contributed by atoms with Crippen molar-refractivity contribution < 1.29 is 9.47 Å². The topological polar surface area (TPSA) is 43.7 Å². The van der Waals surface area contributed by atoms with Crippen LogP contribution in [0.25, 0.3) is 0 Å². The molecule has 0 saturated carbocycles. The van der Waals surface area contributed by atoms with Crippen molar-refractivity contribution in [3.05, 3.63) is 23.9 Å². The van der Waals surface area contributed by atoms with Gasteiger partial charge in [-0.25, -0.2) is 9.98 Å². The Labute approximate surface area is 108 Å². The molecule has 0 N–H and O–H groups in total. The summed E-state index contributed by atoms with van der Waals surface area (Å²) in [5.41, 5.74) is 0.347. The maximum Gasteiger partial charge on any atom is 0.226 e. The van der Waals surface area contributed by atoms with Crippen LogP contribution in [0.5, 0.6) is 5.88 Å². The van der Waals surface area contributed by atoms with Crippen LogP contribution in [0.4, 0.5) is 0 Å². The van der Waals surface area contributed by atoms with Gasteiger partial charge in [0.15, 0.2) is 0 Å². The predicted octanol–water partition coefficient (Wildman–Crippen LogP) is 2.81. The monoisotopic (exact) mass is 248 g/mol. The maximum atomic E-state index is 5.84. The first-order valence-corrected chi connectivity index (χ1v) is 6.14. The van der Waals surface area contributed by atoms with E-state index in [1.807, 2.05) is 46.8 Å². The van der Waals surface area contributed by atoms with Gasteiger partial charge in [-0.3, -0.25) is 0 Å². The van der Waals surface area contributed by atoms with Crippen LogP contribution in [-0.4, -0.2) is 28.6 Å². The van der Waals surface area contributed by atoms with Gasteiger partial charge >= 0.3 is 0 Å². The highest BCUT2D eigenvalue weighted by atomic mass is 16.5. The van der Waals surface area contributed by atoms with Crippen LogP contribution in [0.3, 0.4) is 0 Å². The van der Waals surface area contributed by atoms with E-state index in [0.717, 1.165) is 5.56 Å². The molecule has 4 heteroatoms. The number of rotatable bonds is 2. The van der Waals surface area contributed by atoms with Crippen LogP contribution in [0, 0.1) is 0 Å². The van der Waals surface area contributed by atoms with Gasteiger partial charge in [0, 0.05) is 6.20 Å². The van der Waals surface area contributed by atoms with E-state index in [-0.39, 0.29) is 11.1 Å². The van der Waals surface area contributed by atoms with E-state index in [2.05, 4.69) is 9.98 Å². The van der Waals surface area contributed by atoms with Crippen molar-refractivity contribution in [3.63, 3.8) is 0 Å². The molecule has 4 nitrogen and oxygen atoms in total. The molecule has 1 aliphatic heterocycles. The van der Waals surface area contributed by atoms with E-state index >= 15 is 0 Å². The fraction of sp³-hybridized carbons (Fsp3) is 0.571. The number of hydrogen-bond acceptors (Lipinski definition) is 4. The normalized spacial score (nSPS) is 18.2. The second-order valence-corrected chi connectivity index (χ2v) is 6.09. The van der Waals surface area contributed by atoms with Crippen molar-refractivity contribution in [2.24, 2.45) is 4.99 Å². The highest BCUT2D eigenvalue weighted by Gasteiger charge is 2.29. The van der Waals surface area contributed by atoms with Crippen molar-refractivity contribution in [2.45, 2.75) is 45.8 Å². The molecule has 0 atom stereocenters. The zero-order valence-electron chi connectivity index (χ0n) is 11.7. The van der Waals surface area contributed by atoms with Crippen molar-refractivity contribution in [1.29, 1.82) is 0 Å². The van der Waals surface area contributed by atoms with Crippen LogP contribution in [0.15, 0.2) is 23.3 Å². The number of aromatic nitrogens is 1. The molecule has 0 aliphatic carbocycles. The summed E-state index contributed by atoms with van der Waals surface area (Å²) in [5, 5.41) is 0. The molecular weight excluding hydrogens is 228 g/mol. The molecule has 0 fully saturated rings. The highest BCUT2D eigenvalue weighted by Crippen LogP contribution is 2.26. The second-order valence-electron chi connectivity index (χ2n) is 6.09. The maximum absolute atomic E-state index is 5.84. The summed E-state index contributed by atoms with van der Waals surface area (Å²) in [6, 6.07) is 3.79. The molecule has 0 bridgehead atoms. The summed E-state index contributed by atoms with van der Waals surface area (Å²) in [7, 11) is 0. The standard InChI is InChI=1S/C14H20N2O2/c1-13(2,3)18-11-10(7-6-8-15-11)12-16-14(4,5)9-17-12/h6-8H,9H2,1-5H3. The van der Waals surface area contributed by atoms with E-state index in [4.69, 9.17) is 9.47 Å². The number of nitrogens with zero attached hydrogens (tertiary/aromatic N) is 2. The van der Waals surface area contributed by atoms with Crippen LogP contribution < -0.4 is 4.74 Å². The summed E-state index contributed by atoms with van der Waals surface area (Å²) in [6.45, 7) is 10.7. The Balaban J connectivity index is 2.35. The Hall–Kier alpha value is -1.58. The molecule has 0 radical (unpaired) electrons. The largest absolute Gasteiger partial charge is 0.475 e. The third kappa shape index (κ3) is 3.00. The minimum atomic E-state index is -0.294. The lowest BCUT2D eigenvalue weighted by molar-refractivity contribution is 0.123. The second kappa shape index (κ2) is 4.26. The third-order valence-electron chi connectivity index (χ3n) is 2.37. The first-order valence-electron chi connectivity index (χ1n) is 6.14. The third-order valence-corrected chi connectivity index (χ3v) is 2.37. The smallest absolute Gasteiger partial charge is 0.226 e. The molecule has 0 spiro atoms. The van der Waals surface area contributed by atoms with Crippen LogP contribution >= 0.6 is 0 Å². The van der Waals surface area contributed by atoms with E-state index in [0.29, 0.717) is 18.4 Å². The van der Waals surface area contributed by atoms with Gasteiger partial charge in [0.2, 0.25) is 11.8 Å². The van der Waals surface area contributed by atoms with Gasteiger partial charge in [0.05, 0.1) is 11.1 Å². The van der Waals surface area contributed by atoms with Crippen molar-refractivity contribution in [3.8, 4) is 5.88 Å². The molecule has 1 aromatic rings. The number of pyridine rings is 1. The average molecular weight is 248 g/mol. The van der Waals surface area contributed by atoms with Gasteiger partial charge in [-0.2, -0.15) is 0 Å². The predicted molar refractivity (Wildman–Crippen MR) is 71.2 cm³/mol. The van der Waals surface area contributed by atoms with E-state index in [1.165, 1.54) is 0 Å². The van der Waals surface area contributed by atoms with Crippen LogP contribution in [0.1, 0.15) is 40.2 Å². The Morgan fingerprint density at radius 2 is 2.06 bits per heavy atom. The van der Waals surface area contributed by atoms with E-state index in [9.17, 15) is 0 Å². The number of aliphatic imine (C=N–C) groups is 1. The summed E-state index contributed by atoms with van der Waals surface area (Å²) in [4.78, 5) is 8.83. The van der Waals surface area contributed by atoms with Crippen LogP contribution in [0.2, 0.25) is 0 Å². The Kier molecular flexibility index (Phi) is 3.05. The SMILES string of the molecule is CC1(C)COC(c2cccnc2OC(C)(C)C)=N1. The number of ether oxygens (including phenoxy) is 2. The Bertz CT molecular complexity index is 473. The lowest BCUT2D eigenvalue weighted by atomic mass is 10.1. The first-order chi connectivity index (χ1) is 8.27. The Morgan fingerprint density at radius 1 is 1.33 bits per heavy atom. The van der Waals surface area contributed by atoms with Crippen molar-refractivity contribution in [1.82, 2.24) is 4.98 Å². The molecule has 0 saturated heterocycles. The van der Waals surface area contributed by atoms with Gasteiger partial charge in [-0.05, 0) is 46.8 Å². The Morgan fingerprint density at radius 3 is 2.61 bits per heavy atom. The van der Waals surface area contributed by atoms with Crippen LogP contribution in [-0.2, 0) is 4.74 Å². The molecule has 2 heterocycles. The molecular formula is C14H20N2O2. The lowest BCUT2D eigenvalue weighted by Gasteiger charge is -2.21. The lowest BCUT2D eigenvalue weighted by Crippen LogP contribution is -2.25. The zero-order chi connectivity index (χ0) is 13.4. The van der Waals surface area contributed by atoms with Gasteiger partial charge < -0.3 is 9.47 Å². The van der Waals surface area contributed by atoms with Crippen molar-refractivity contribution >= 4 is 5.90 Å². The highest BCUT2D eigenvalue weighted by molar-refractivity contribution is 5.97. The van der Waals surface area contributed by atoms with Gasteiger partial charge in [-0.15, -0.1) is 0 Å². The molecule has 0 unspecified atom stereocenters. The quantitative estimate of drug-likeness (QED) is 0.808. The minimum Gasteiger partial charge on any atom is -0.475 e. The fourth-order valence-corrected chi connectivity index (χ4v) is 1.65. The molecule has 98 valence electrons. The fourth-order valence-electron chi connectivity index (χ4n) is 1.65. The van der Waals surface area contributed by atoms with Gasteiger partial charge in [0.1, 0.15) is 12.2 Å². The molecule has 1 aliphatic rings. The van der Waals surface area contributed by atoms with E-state index < -0.39 is 0 Å². The average Bonchev–Trinajstić information content (AvgIpc) is 2.57. The molecule has 0 amide bonds. The van der Waals surface area contributed by atoms with E-state index in [1.54, 1.807) is 6.20 Å². The molecule has 18 heavy (non-hydrogen) atoms. The summed E-state index contributed by atoms with van der Waals surface area (Å²) in [6.07, 6.45) is 1.71. The first kappa shape index (κ1) is 12.9. The summed E-state index contributed by atoms with van der Waals surface area (Å²) < 4.78 is 11.5. The number of hydrogen-bond donors (Lipinski definition) is 0. The van der Waals surface area contributed by atoms with Crippen molar-refractivity contribution in [2.75, 3.05) is 6.61 Å². The van der Waals surface area contributed by atoms with Gasteiger partial charge in [0.25, 0.3) is 0 Å². The molecule has 0 aromatic carbocycles. The summed E-state index contributed by atoms with van der Waals surface area (Å²) >= 11 is 0. The zero-order valence-corrected chi connectivity index (χ0v) is 11.7. The molecule has 2 rings (SSSR count). The molecule has 1 aromatic heterocycles. The summed E-state index contributed by atoms with van der Waals surface area (Å²) in [5.74, 6) is 1.19.